The molecule has 2 heterocycles. The third-order valence-corrected chi connectivity index (χ3v) is 4.02. The maximum atomic E-state index is 4.51. The largest absolute Gasteiger partial charge is 0.264 e. The molecule has 0 aromatic carbocycles. The highest BCUT2D eigenvalue weighted by Crippen LogP contribution is 2.28. The van der Waals surface area contributed by atoms with Gasteiger partial charge in [-0.05, 0) is 38.8 Å². The predicted molar refractivity (Wildman–Crippen MR) is 77.2 cm³/mol. The first-order valence-corrected chi connectivity index (χ1v) is 7.27. The van der Waals surface area contributed by atoms with E-state index in [4.69, 9.17) is 0 Å². The first-order valence-electron chi connectivity index (χ1n) is 6.29. The molecule has 1 aromatic rings. The van der Waals surface area contributed by atoms with Gasteiger partial charge in [-0.3, -0.25) is 4.99 Å². The third kappa shape index (κ3) is 2.99. The van der Waals surface area contributed by atoms with Gasteiger partial charge in [0.15, 0.2) is 5.16 Å². The minimum atomic E-state index is 0.528. The average molecular weight is 261 g/mol. The van der Waals surface area contributed by atoms with Crippen molar-refractivity contribution in [1.29, 1.82) is 0 Å². The van der Waals surface area contributed by atoms with E-state index in [0.29, 0.717) is 5.92 Å². The van der Waals surface area contributed by atoms with E-state index in [1.54, 1.807) is 11.8 Å². The zero-order valence-electron chi connectivity index (χ0n) is 11.4. The van der Waals surface area contributed by atoms with Crippen molar-refractivity contribution < 1.29 is 0 Å². The fourth-order valence-corrected chi connectivity index (χ4v) is 3.05. The summed E-state index contributed by atoms with van der Waals surface area (Å²) in [6.07, 6.45) is 3.19. The van der Waals surface area contributed by atoms with Gasteiger partial charge in [0.1, 0.15) is 0 Å². The number of hydrogen-bond acceptors (Lipinski definition) is 4. The highest BCUT2D eigenvalue weighted by molar-refractivity contribution is 7.99. The molecular formula is C14H19N3S. The molecule has 96 valence electrons. The average Bonchev–Trinajstić information content (AvgIpc) is 2.66. The fraction of sp³-hybridized carbons (Fsp3) is 0.500. The van der Waals surface area contributed by atoms with Crippen molar-refractivity contribution in [3.8, 4) is 0 Å². The van der Waals surface area contributed by atoms with Gasteiger partial charge in [-0.15, -0.1) is 0 Å². The summed E-state index contributed by atoms with van der Waals surface area (Å²) in [7, 11) is 0. The SMILES string of the molecule is CCC1C=NC(CSc2nc(C)cc(C)n2)=C1C. The van der Waals surface area contributed by atoms with E-state index >= 15 is 0 Å². The van der Waals surface area contributed by atoms with Crippen LogP contribution in [0, 0.1) is 19.8 Å². The lowest BCUT2D eigenvalue weighted by Gasteiger charge is -2.06. The van der Waals surface area contributed by atoms with Gasteiger partial charge in [0.25, 0.3) is 0 Å². The van der Waals surface area contributed by atoms with Crippen LogP contribution in [0.3, 0.4) is 0 Å². The Labute approximate surface area is 113 Å². The van der Waals surface area contributed by atoms with Crippen molar-refractivity contribution >= 4 is 18.0 Å². The van der Waals surface area contributed by atoms with Crippen LogP contribution in [0.1, 0.15) is 31.7 Å². The second-order valence-corrected chi connectivity index (χ2v) is 5.59. The van der Waals surface area contributed by atoms with Crippen LogP contribution in [0.25, 0.3) is 0 Å². The highest BCUT2D eigenvalue weighted by Gasteiger charge is 2.16. The van der Waals surface area contributed by atoms with Crippen LogP contribution in [0.4, 0.5) is 0 Å². The van der Waals surface area contributed by atoms with Crippen LogP contribution in [-0.2, 0) is 0 Å². The van der Waals surface area contributed by atoms with Crippen molar-refractivity contribution in [2.45, 2.75) is 39.3 Å². The third-order valence-electron chi connectivity index (χ3n) is 3.16. The molecule has 2 rings (SSSR count). The molecular weight excluding hydrogens is 242 g/mol. The van der Waals surface area contributed by atoms with E-state index in [0.717, 1.165) is 28.7 Å². The van der Waals surface area contributed by atoms with E-state index in [1.165, 1.54) is 11.3 Å². The molecule has 0 saturated heterocycles. The zero-order chi connectivity index (χ0) is 13.1. The Hall–Kier alpha value is -1.16. The number of aliphatic imine (C=N–C) groups is 1. The monoisotopic (exact) mass is 261 g/mol. The Morgan fingerprint density at radius 3 is 2.39 bits per heavy atom. The molecule has 0 radical (unpaired) electrons. The number of hydrogen-bond donors (Lipinski definition) is 0. The summed E-state index contributed by atoms with van der Waals surface area (Å²) >= 11 is 1.67. The Morgan fingerprint density at radius 2 is 1.83 bits per heavy atom. The molecule has 0 fully saturated rings. The molecule has 0 N–H and O–H groups in total. The molecule has 0 spiro atoms. The van der Waals surface area contributed by atoms with E-state index in [2.05, 4.69) is 35.0 Å². The lowest BCUT2D eigenvalue weighted by Crippen LogP contribution is -1.98. The highest BCUT2D eigenvalue weighted by atomic mass is 32.2. The molecule has 0 saturated carbocycles. The summed E-state index contributed by atoms with van der Waals surface area (Å²) in [5.41, 5.74) is 4.64. The summed E-state index contributed by atoms with van der Waals surface area (Å²) in [4.78, 5) is 13.4. The number of allylic oxidation sites excluding steroid dienone is 1. The molecule has 1 aliphatic rings. The van der Waals surface area contributed by atoms with E-state index in [9.17, 15) is 0 Å². The van der Waals surface area contributed by atoms with Gasteiger partial charge in [0, 0.05) is 35.0 Å². The smallest absolute Gasteiger partial charge is 0.188 e. The molecule has 3 nitrogen and oxygen atoms in total. The maximum Gasteiger partial charge on any atom is 0.188 e. The Balaban J connectivity index is 2.04. The molecule has 18 heavy (non-hydrogen) atoms. The van der Waals surface area contributed by atoms with Crippen LogP contribution in [0.2, 0.25) is 0 Å². The molecule has 1 aliphatic heterocycles. The zero-order valence-corrected chi connectivity index (χ0v) is 12.2. The molecule has 1 atom stereocenters. The van der Waals surface area contributed by atoms with Crippen LogP contribution >= 0.6 is 11.8 Å². The van der Waals surface area contributed by atoms with Gasteiger partial charge >= 0.3 is 0 Å². The molecule has 0 aliphatic carbocycles. The van der Waals surface area contributed by atoms with E-state index < -0.39 is 0 Å². The standard InChI is InChI=1S/C14H19N3S/c1-5-12-7-15-13(11(12)4)8-18-14-16-9(2)6-10(3)17-14/h6-7,12H,5,8H2,1-4H3. The van der Waals surface area contributed by atoms with Gasteiger partial charge < -0.3 is 0 Å². The fourth-order valence-electron chi connectivity index (χ4n) is 2.06. The number of aryl methyl sites for hydroxylation is 2. The maximum absolute atomic E-state index is 4.51. The lowest BCUT2D eigenvalue weighted by molar-refractivity contribution is 0.789. The predicted octanol–water partition coefficient (Wildman–Crippen LogP) is 3.57. The first-order chi connectivity index (χ1) is 8.60. The first kappa shape index (κ1) is 13.3. The van der Waals surface area contributed by atoms with E-state index in [-0.39, 0.29) is 0 Å². The number of thioether (sulfide) groups is 1. The number of rotatable bonds is 4. The topological polar surface area (TPSA) is 38.1 Å². The van der Waals surface area contributed by atoms with Crippen molar-refractivity contribution in [3.63, 3.8) is 0 Å². The summed E-state index contributed by atoms with van der Waals surface area (Å²) in [5, 5.41) is 0.850. The number of nitrogens with zero attached hydrogens (tertiary/aromatic N) is 3. The van der Waals surface area contributed by atoms with Gasteiger partial charge in [0.2, 0.25) is 0 Å². The van der Waals surface area contributed by atoms with E-state index in [1.807, 2.05) is 19.9 Å². The molecule has 1 aromatic heterocycles. The Morgan fingerprint density at radius 1 is 1.17 bits per heavy atom. The van der Waals surface area contributed by atoms with Gasteiger partial charge in [-0.25, -0.2) is 9.97 Å². The van der Waals surface area contributed by atoms with Crippen LogP contribution in [-0.4, -0.2) is 21.9 Å². The Bertz CT molecular complexity index is 486. The van der Waals surface area contributed by atoms with Gasteiger partial charge in [-0.2, -0.15) is 0 Å². The van der Waals surface area contributed by atoms with Crippen LogP contribution in [0.15, 0.2) is 27.5 Å². The Kier molecular flexibility index (Phi) is 4.17. The molecule has 1 unspecified atom stereocenters. The molecule has 4 heteroatoms. The lowest BCUT2D eigenvalue weighted by atomic mass is 10.0. The second kappa shape index (κ2) is 5.65. The molecule has 0 bridgehead atoms. The van der Waals surface area contributed by atoms with Crippen LogP contribution in [0.5, 0.6) is 0 Å². The van der Waals surface area contributed by atoms with Crippen molar-refractivity contribution in [3.05, 3.63) is 28.7 Å². The normalized spacial score (nSPS) is 18.8. The van der Waals surface area contributed by atoms with Crippen molar-refractivity contribution in [2.24, 2.45) is 10.9 Å². The molecule has 0 amide bonds. The summed E-state index contributed by atoms with van der Waals surface area (Å²) in [6, 6.07) is 2.00. The van der Waals surface area contributed by atoms with Crippen LogP contribution < -0.4 is 0 Å². The van der Waals surface area contributed by atoms with Gasteiger partial charge in [0.05, 0.1) is 0 Å². The minimum absolute atomic E-state index is 0.528. The summed E-state index contributed by atoms with van der Waals surface area (Å²) in [5.74, 6) is 1.39. The van der Waals surface area contributed by atoms with Crippen molar-refractivity contribution in [2.75, 3.05) is 5.75 Å². The number of aromatic nitrogens is 2. The minimum Gasteiger partial charge on any atom is -0.264 e. The summed E-state index contributed by atoms with van der Waals surface area (Å²) in [6.45, 7) is 8.39. The quantitative estimate of drug-likeness (QED) is 0.614. The summed E-state index contributed by atoms with van der Waals surface area (Å²) < 4.78 is 0. The van der Waals surface area contributed by atoms with Gasteiger partial charge in [-0.1, -0.05) is 18.7 Å². The van der Waals surface area contributed by atoms with Crippen molar-refractivity contribution in [1.82, 2.24) is 9.97 Å². The second-order valence-electron chi connectivity index (χ2n) is 4.64.